The van der Waals surface area contributed by atoms with Crippen molar-refractivity contribution in [3.63, 3.8) is 0 Å². The number of carbonyl (C=O) groups is 3. The zero-order valence-electron chi connectivity index (χ0n) is 19.8. The van der Waals surface area contributed by atoms with Crippen LogP contribution in [0, 0.1) is 0 Å². The second kappa shape index (κ2) is 13.0. The Hall–Kier alpha value is -3.28. The highest BCUT2D eigenvalue weighted by Crippen LogP contribution is 2.21. The topological polar surface area (TPSA) is 144 Å². The summed E-state index contributed by atoms with van der Waals surface area (Å²) in [4.78, 5) is 31.9. The van der Waals surface area contributed by atoms with Gasteiger partial charge in [-0.15, -0.1) is 0 Å². The summed E-state index contributed by atoms with van der Waals surface area (Å²) in [5.74, 6) is -3.83. The van der Waals surface area contributed by atoms with Gasteiger partial charge in [0.25, 0.3) is 0 Å². The third-order valence-corrected chi connectivity index (χ3v) is 7.50. The summed E-state index contributed by atoms with van der Waals surface area (Å²) < 4.78 is 27.4. The van der Waals surface area contributed by atoms with Crippen molar-refractivity contribution < 1.29 is 33.0 Å². The Balaban J connectivity index is 0.000000641. The average Bonchev–Trinajstić information content (AvgIpc) is 2.83. The first-order valence-electron chi connectivity index (χ1n) is 11.1. The van der Waals surface area contributed by atoms with Crippen LogP contribution in [0.5, 0.6) is 0 Å². The molecule has 1 aliphatic heterocycles. The fourth-order valence-corrected chi connectivity index (χ4v) is 5.07. The number of nitrogens with one attached hydrogen (secondary N) is 1. The van der Waals surface area contributed by atoms with Gasteiger partial charge in [-0.25, -0.2) is 18.0 Å². The number of benzene rings is 2. The van der Waals surface area contributed by atoms with Gasteiger partial charge >= 0.3 is 11.9 Å². The Morgan fingerprint density at radius 3 is 1.94 bits per heavy atom. The smallest absolute Gasteiger partial charge is 0.414 e. The van der Waals surface area contributed by atoms with E-state index in [2.05, 4.69) is 41.4 Å². The number of sulfonamides is 1. The van der Waals surface area contributed by atoms with Crippen LogP contribution < -0.4 is 5.32 Å². The number of carbonyl (C=O) groups excluding carboxylic acids is 1. The van der Waals surface area contributed by atoms with Gasteiger partial charge in [-0.1, -0.05) is 30.3 Å². The van der Waals surface area contributed by atoms with Crippen LogP contribution in [-0.4, -0.2) is 77.9 Å². The van der Waals surface area contributed by atoms with Crippen molar-refractivity contribution in [2.24, 2.45) is 0 Å². The number of piperazine rings is 1. The van der Waals surface area contributed by atoms with Gasteiger partial charge in [0.1, 0.15) is 0 Å². The minimum atomic E-state index is -3.52. The Bertz CT molecular complexity index is 1090. The molecule has 1 aliphatic rings. The minimum absolute atomic E-state index is 0.182. The summed E-state index contributed by atoms with van der Waals surface area (Å²) in [7, 11) is -3.52. The number of amides is 1. The van der Waals surface area contributed by atoms with Crippen LogP contribution in [0.4, 0.5) is 5.69 Å². The van der Waals surface area contributed by atoms with E-state index < -0.39 is 22.0 Å². The molecule has 1 saturated heterocycles. The van der Waals surface area contributed by atoms with Crippen molar-refractivity contribution in [3.05, 3.63) is 60.2 Å². The molecular weight excluding hydrogens is 474 g/mol. The maximum absolute atomic E-state index is 12.9. The van der Waals surface area contributed by atoms with E-state index in [-0.39, 0.29) is 10.8 Å². The van der Waals surface area contributed by atoms with E-state index in [1.807, 2.05) is 6.07 Å². The number of hydrogen-bond acceptors (Lipinski definition) is 6. The number of aryl methyl sites for hydroxylation is 1. The van der Waals surface area contributed by atoms with Crippen molar-refractivity contribution in [2.75, 3.05) is 31.5 Å². The Labute approximate surface area is 205 Å². The molecule has 10 nitrogen and oxygen atoms in total. The van der Waals surface area contributed by atoms with E-state index in [4.69, 9.17) is 19.8 Å². The fourth-order valence-electron chi connectivity index (χ4n) is 3.65. The molecule has 3 rings (SSSR count). The van der Waals surface area contributed by atoms with E-state index in [1.54, 1.807) is 28.6 Å². The third kappa shape index (κ3) is 8.78. The molecule has 3 N–H and O–H groups in total. The van der Waals surface area contributed by atoms with Crippen molar-refractivity contribution >= 4 is 33.6 Å². The van der Waals surface area contributed by atoms with Crippen LogP contribution >= 0.6 is 0 Å². The number of carboxylic acids is 2. The maximum Gasteiger partial charge on any atom is 0.414 e. The third-order valence-electron chi connectivity index (χ3n) is 5.59. The van der Waals surface area contributed by atoms with Gasteiger partial charge < -0.3 is 15.5 Å². The van der Waals surface area contributed by atoms with Crippen LogP contribution in [0.1, 0.15) is 25.8 Å². The highest BCUT2D eigenvalue weighted by atomic mass is 32.2. The summed E-state index contributed by atoms with van der Waals surface area (Å²) in [6.07, 6.45) is 2.09. The first-order valence-corrected chi connectivity index (χ1v) is 12.6. The first kappa shape index (κ1) is 28.0. The van der Waals surface area contributed by atoms with Crippen molar-refractivity contribution in [1.29, 1.82) is 0 Å². The molecule has 1 fully saturated rings. The molecule has 190 valence electrons. The summed E-state index contributed by atoms with van der Waals surface area (Å²) in [6, 6.07) is 17.2. The number of carboxylic acid groups (broad SMARTS) is 2. The molecule has 0 aromatic heterocycles. The molecule has 0 spiro atoms. The van der Waals surface area contributed by atoms with E-state index in [9.17, 15) is 13.2 Å². The Morgan fingerprint density at radius 2 is 1.46 bits per heavy atom. The standard InChI is InChI=1S/C22H29N3O3S.C2H2O4/c1-18(8-9-20-6-4-3-5-7-20)24-14-16-25(17-15-24)29(27,28)22-12-10-21(11-13-22)23-19(2)26;3-1(4)2(5)6/h3-7,10-13,18H,8-9,14-17H2,1-2H3,(H,23,26);(H,3,4)(H,5,6). The van der Waals surface area contributed by atoms with Crippen LogP contribution in [-0.2, 0) is 30.8 Å². The molecule has 0 radical (unpaired) electrons. The summed E-state index contributed by atoms with van der Waals surface area (Å²) >= 11 is 0. The largest absolute Gasteiger partial charge is 0.473 e. The predicted molar refractivity (Wildman–Crippen MR) is 131 cm³/mol. The Kier molecular flexibility index (Phi) is 10.4. The lowest BCUT2D eigenvalue weighted by Gasteiger charge is -2.37. The molecule has 1 atom stereocenters. The molecule has 1 unspecified atom stereocenters. The molecule has 35 heavy (non-hydrogen) atoms. The molecule has 1 amide bonds. The number of anilines is 1. The van der Waals surface area contributed by atoms with Crippen LogP contribution in [0.25, 0.3) is 0 Å². The van der Waals surface area contributed by atoms with Gasteiger partial charge in [-0.05, 0) is 49.6 Å². The molecular formula is C24H31N3O7S. The number of rotatable bonds is 7. The Morgan fingerprint density at radius 1 is 0.914 bits per heavy atom. The number of aliphatic carboxylic acids is 2. The van der Waals surface area contributed by atoms with Crippen molar-refractivity contribution in [1.82, 2.24) is 9.21 Å². The zero-order chi connectivity index (χ0) is 26.0. The normalized spacial score (nSPS) is 15.4. The number of nitrogens with zero attached hydrogens (tertiary/aromatic N) is 2. The molecule has 0 aliphatic carbocycles. The second-order valence-electron chi connectivity index (χ2n) is 8.13. The highest BCUT2D eigenvalue weighted by molar-refractivity contribution is 7.89. The van der Waals surface area contributed by atoms with E-state index in [0.29, 0.717) is 24.8 Å². The predicted octanol–water partition coefficient (Wildman–Crippen LogP) is 2.13. The highest BCUT2D eigenvalue weighted by Gasteiger charge is 2.29. The van der Waals surface area contributed by atoms with Crippen LogP contribution in [0.2, 0.25) is 0 Å². The van der Waals surface area contributed by atoms with Crippen molar-refractivity contribution in [2.45, 2.75) is 37.6 Å². The van der Waals surface area contributed by atoms with E-state index in [0.717, 1.165) is 25.9 Å². The van der Waals surface area contributed by atoms with E-state index >= 15 is 0 Å². The first-order chi connectivity index (χ1) is 16.5. The summed E-state index contributed by atoms with van der Waals surface area (Å²) in [6.45, 7) is 6.09. The molecule has 2 aromatic carbocycles. The van der Waals surface area contributed by atoms with Gasteiger partial charge in [-0.3, -0.25) is 9.69 Å². The molecule has 0 bridgehead atoms. The molecule has 2 aromatic rings. The zero-order valence-corrected chi connectivity index (χ0v) is 20.6. The second-order valence-corrected chi connectivity index (χ2v) is 10.1. The SMILES string of the molecule is CC(=O)Nc1ccc(S(=O)(=O)N2CCN(C(C)CCc3ccccc3)CC2)cc1.O=C(O)C(=O)O. The minimum Gasteiger partial charge on any atom is -0.473 e. The summed E-state index contributed by atoms with van der Waals surface area (Å²) in [5.41, 5.74) is 1.93. The van der Waals surface area contributed by atoms with Gasteiger partial charge in [0.2, 0.25) is 15.9 Å². The monoisotopic (exact) mass is 505 g/mol. The summed E-state index contributed by atoms with van der Waals surface area (Å²) in [5, 5.41) is 17.4. The van der Waals surface area contributed by atoms with Gasteiger partial charge in [0, 0.05) is 44.8 Å². The van der Waals surface area contributed by atoms with Crippen LogP contribution in [0.15, 0.2) is 59.5 Å². The lowest BCUT2D eigenvalue weighted by Crippen LogP contribution is -2.51. The van der Waals surface area contributed by atoms with Gasteiger partial charge in [0.15, 0.2) is 0 Å². The fraction of sp³-hybridized carbons (Fsp3) is 0.375. The molecule has 11 heteroatoms. The van der Waals surface area contributed by atoms with Crippen molar-refractivity contribution in [3.8, 4) is 0 Å². The van der Waals surface area contributed by atoms with E-state index in [1.165, 1.54) is 12.5 Å². The lowest BCUT2D eigenvalue weighted by atomic mass is 10.0. The molecule has 1 heterocycles. The van der Waals surface area contributed by atoms with Gasteiger partial charge in [-0.2, -0.15) is 4.31 Å². The van der Waals surface area contributed by atoms with Gasteiger partial charge in [0.05, 0.1) is 4.90 Å². The maximum atomic E-state index is 12.9. The lowest BCUT2D eigenvalue weighted by molar-refractivity contribution is -0.159. The molecule has 0 saturated carbocycles. The average molecular weight is 506 g/mol. The number of hydrogen-bond donors (Lipinski definition) is 3. The van der Waals surface area contributed by atoms with Crippen LogP contribution in [0.3, 0.4) is 0 Å². The quantitative estimate of drug-likeness (QED) is 0.486.